The first-order chi connectivity index (χ1) is 9.22. The highest BCUT2D eigenvalue weighted by Gasteiger charge is 2.11. The van der Waals surface area contributed by atoms with E-state index in [0.29, 0.717) is 12.2 Å². The van der Waals surface area contributed by atoms with Crippen molar-refractivity contribution in [2.75, 3.05) is 0 Å². The summed E-state index contributed by atoms with van der Waals surface area (Å²) in [5, 5.41) is 12.9. The fraction of sp³-hybridized carbons (Fsp3) is 0.286. The van der Waals surface area contributed by atoms with Gasteiger partial charge in [-0.25, -0.2) is 0 Å². The van der Waals surface area contributed by atoms with E-state index < -0.39 is 0 Å². The van der Waals surface area contributed by atoms with Crippen LogP contribution >= 0.6 is 12.4 Å². The van der Waals surface area contributed by atoms with Gasteiger partial charge in [0.05, 0.1) is 0 Å². The summed E-state index contributed by atoms with van der Waals surface area (Å²) >= 11 is 0. The first-order valence-corrected chi connectivity index (χ1v) is 6.34. The molecule has 0 radical (unpaired) electrons. The average molecular weight is 293 g/mol. The summed E-state index contributed by atoms with van der Waals surface area (Å²) in [7, 11) is 0. The zero-order valence-electron chi connectivity index (χ0n) is 11.2. The molecule has 5 nitrogen and oxygen atoms in total. The van der Waals surface area contributed by atoms with Crippen LogP contribution < -0.4 is 10.6 Å². The maximum Gasteiger partial charge on any atom is 0.272 e. The molecule has 0 atom stereocenters. The van der Waals surface area contributed by atoms with Crippen LogP contribution in [0.5, 0.6) is 0 Å². The number of aryl methyl sites for hydroxylation is 1. The summed E-state index contributed by atoms with van der Waals surface area (Å²) in [4.78, 5) is 11.9. The Morgan fingerprint density at radius 2 is 2.10 bits per heavy atom. The summed E-state index contributed by atoms with van der Waals surface area (Å²) in [6.07, 6.45) is 0. The third-order valence-electron chi connectivity index (χ3n) is 3.29. The number of carbonyl (C=O) groups is 1. The van der Waals surface area contributed by atoms with Crippen LogP contribution in [0.4, 0.5) is 0 Å². The van der Waals surface area contributed by atoms with Crippen molar-refractivity contribution in [1.82, 2.24) is 20.8 Å². The Labute approximate surface area is 123 Å². The number of hydrogen-bond donors (Lipinski definition) is 3. The monoisotopic (exact) mass is 292 g/mol. The Hall–Kier alpha value is -1.85. The van der Waals surface area contributed by atoms with Crippen molar-refractivity contribution in [1.29, 1.82) is 0 Å². The van der Waals surface area contributed by atoms with Crippen molar-refractivity contribution >= 4 is 18.3 Å². The minimum absolute atomic E-state index is 0. The SMILES string of the molecule is Cc1cc(C(=O)NCc2ccc3c(c2)CNC3)n[nH]1.Cl. The van der Waals surface area contributed by atoms with Crippen LogP contribution in [0.2, 0.25) is 0 Å². The van der Waals surface area contributed by atoms with Gasteiger partial charge in [-0.1, -0.05) is 18.2 Å². The Morgan fingerprint density at radius 3 is 2.85 bits per heavy atom. The van der Waals surface area contributed by atoms with E-state index in [9.17, 15) is 4.79 Å². The smallest absolute Gasteiger partial charge is 0.272 e. The molecule has 0 saturated carbocycles. The molecule has 0 bridgehead atoms. The Bertz CT molecular complexity index is 623. The summed E-state index contributed by atoms with van der Waals surface area (Å²) < 4.78 is 0. The molecule has 0 aliphatic carbocycles. The fourth-order valence-electron chi connectivity index (χ4n) is 2.27. The predicted octanol–water partition coefficient (Wildman–Crippen LogP) is 1.67. The highest BCUT2D eigenvalue weighted by atomic mass is 35.5. The number of nitrogens with zero attached hydrogens (tertiary/aromatic N) is 1. The molecular weight excluding hydrogens is 276 g/mol. The molecule has 0 fully saturated rings. The first-order valence-electron chi connectivity index (χ1n) is 6.34. The van der Waals surface area contributed by atoms with Gasteiger partial charge >= 0.3 is 0 Å². The molecule has 1 amide bonds. The van der Waals surface area contributed by atoms with Crippen LogP contribution in [0.15, 0.2) is 24.3 Å². The van der Waals surface area contributed by atoms with Gasteiger partial charge in [0.15, 0.2) is 0 Å². The maximum atomic E-state index is 11.9. The van der Waals surface area contributed by atoms with Gasteiger partial charge < -0.3 is 10.6 Å². The molecule has 106 valence electrons. The Morgan fingerprint density at radius 1 is 1.30 bits per heavy atom. The van der Waals surface area contributed by atoms with Crippen molar-refractivity contribution in [3.63, 3.8) is 0 Å². The summed E-state index contributed by atoms with van der Waals surface area (Å²) in [5.74, 6) is -0.150. The normalized spacial score (nSPS) is 12.7. The highest BCUT2D eigenvalue weighted by molar-refractivity contribution is 5.92. The van der Waals surface area contributed by atoms with Gasteiger partial charge in [-0.3, -0.25) is 9.89 Å². The molecule has 0 saturated heterocycles. The second kappa shape index (κ2) is 6.07. The molecule has 1 aromatic heterocycles. The number of halogens is 1. The number of nitrogens with one attached hydrogen (secondary N) is 3. The lowest BCUT2D eigenvalue weighted by atomic mass is 10.1. The van der Waals surface area contributed by atoms with Crippen molar-refractivity contribution in [2.24, 2.45) is 0 Å². The molecule has 1 aliphatic heterocycles. The summed E-state index contributed by atoms with van der Waals surface area (Å²) in [6.45, 7) is 4.25. The Balaban J connectivity index is 0.00000147. The van der Waals surface area contributed by atoms with E-state index in [0.717, 1.165) is 24.3 Å². The molecule has 3 N–H and O–H groups in total. The van der Waals surface area contributed by atoms with Gasteiger partial charge in [0.2, 0.25) is 0 Å². The number of aromatic nitrogens is 2. The van der Waals surface area contributed by atoms with Gasteiger partial charge in [-0.05, 0) is 29.7 Å². The second-order valence-corrected chi connectivity index (χ2v) is 4.83. The van der Waals surface area contributed by atoms with Crippen LogP contribution in [-0.2, 0) is 19.6 Å². The van der Waals surface area contributed by atoms with Crippen LogP contribution in [0.25, 0.3) is 0 Å². The number of hydrogen-bond acceptors (Lipinski definition) is 3. The molecule has 2 heterocycles. The summed E-state index contributed by atoms with van der Waals surface area (Å²) in [6, 6.07) is 8.06. The number of H-pyrrole nitrogens is 1. The van der Waals surface area contributed by atoms with E-state index >= 15 is 0 Å². The summed E-state index contributed by atoms with van der Waals surface area (Å²) in [5.41, 5.74) is 5.09. The van der Waals surface area contributed by atoms with Gasteiger partial charge in [-0.15, -0.1) is 12.4 Å². The van der Waals surface area contributed by atoms with Crippen LogP contribution in [-0.4, -0.2) is 16.1 Å². The molecule has 3 rings (SSSR count). The average Bonchev–Trinajstić information content (AvgIpc) is 3.03. The van der Waals surface area contributed by atoms with Gasteiger partial charge in [0.25, 0.3) is 5.91 Å². The van der Waals surface area contributed by atoms with Crippen molar-refractivity contribution in [3.8, 4) is 0 Å². The minimum atomic E-state index is -0.150. The fourth-order valence-corrected chi connectivity index (χ4v) is 2.27. The van der Waals surface area contributed by atoms with E-state index in [1.807, 2.05) is 6.92 Å². The van der Waals surface area contributed by atoms with Crippen LogP contribution in [0.1, 0.15) is 32.9 Å². The first kappa shape index (κ1) is 14.6. The quantitative estimate of drug-likeness (QED) is 0.806. The van der Waals surface area contributed by atoms with Crippen molar-refractivity contribution in [2.45, 2.75) is 26.6 Å². The third kappa shape index (κ3) is 3.00. The second-order valence-electron chi connectivity index (χ2n) is 4.83. The molecule has 1 aromatic carbocycles. The van der Waals surface area contributed by atoms with E-state index in [-0.39, 0.29) is 18.3 Å². The number of amides is 1. The third-order valence-corrected chi connectivity index (χ3v) is 3.29. The van der Waals surface area contributed by atoms with E-state index in [1.165, 1.54) is 11.1 Å². The van der Waals surface area contributed by atoms with Gasteiger partial charge in [0, 0.05) is 25.3 Å². The minimum Gasteiger partial charge on any atom is -0.347 e. The molecular formula is C14H17ClN4O. The molecule has 0 spiro atoms. The molecule has 0 unspecified atom stereocenters. The maximum absolute atomic E-state index is 11.9. The number of benzene rings is 1. The standard InChI is InChI=1S/C14H16N4O.ClH/c1-9-4-13(18-17-9)14(19)16-6-10-2-3-11-7-15-8-12(11)5-10;/h2-5,15H,6-8H2,1H3,(H,16,19)(H,17,18);1H. The van der Waals surface area contributed by atoms with E-state index in [1.54, 1.807) is 6.07 Å². The number of rotatable bonds is 3. The van der Waals surface area contributed by atoms with Crippen LogP contribution in [0, 0.1) is 6.92 Å². The predicted molar refractivity (Wildman–Crippen MR) is 78.7 cm³/mol. The number of aromatic amines is 1. The molecule has 1 aliphatic rings. The lowest BCUT2D eigenvalue weighted by Gasteiger charge is -2.05. The molecule has 6 heteroatoms. The zero-order valence-corrected chi connectivity index (χ0v) is 12.0. The lowest BCUT2D eigenvalue weighted by Crippen LogP contribution is -2.23. The van der Waals surface area contributed by atoms with Gasteiger partial charge in [-0.2, -0.15) is 5.10 Å². The van der Waals surface area contributed by atoms with Crippen molar-refractivity contribution < 1.29 is 4.79 Å². The zero-order chi connectivity index (χ0) is 13.2. The van der Waals surface area contributed by atoms with E-state index in [2.05, 4.69) is 39.0 Å². The number of fused-ring (bicyclic) bond motifs is 1. The molecule has 20 heavy (non-hydrogen) atoms. The van der Waals surface area contributed by atoms with Crippen molar-refractivity contribution in [3.05, 3.63) is 52.3 Å². The number of carbonyl (C=O) groups excluding carboxylic acids is 1. The lowest BCUT2D eigenvalue weighted by molar-refractivity contribution is 0.0946. The van der Waals surface area contributed by atoms with Crippen LogP contribution in [0.3, 0.4) is 0 Å². The topological polar surface area (TPSA) is 69.8 Å². The largest absolute Gasteiger partial charge is 0.347 e. The molecule has 2 aromatic rings. The van der Waals surface area contributed by atoms with Gasteiger partial charge in [0.1, 0.15) is 5.69 Å². The Kier molecular flexibility index (Phi) is 4.42. The highest BCUT2D eigenvalue weighted by Crippen LogP contribution is 2.16. The van der Waals surface area contributed by atoms with E-state index in [4.69, 9.17) is 0 Å².